The van der Waals surface area contributed by atoms with Gasteiger partial charge in [0.25, 0.3) is 5.91 Å². The van der Waals surface area contributed by atoms with Crippen molar-refractivity contribution in [2.75, 3.05) is 13.1 Å². The molecule has 0 aliphatic heterocycles. The number of fused-ring (bicyclic) bond motifs is 1. The third-order valence-electron chi connectivity index (χ3n) is 3.46. The zero-order chi connectivity index (χ0) is 15.2. The van der Waals surface area contributed by atoms with Crippen LogP contribution in [-0.4, -0.2) is 28.9 Å². The van der Waals surface area contributed by atoms with Crippen LogP contribution in [0.1, 0.15) is 49.9 Å². The van der Waals surface area contributed by atoms with Crippen LogP contribution >= 0.6 is 22.9 Å². The zero-order valence-electron chi connectivity index (χ0n) is 12.6. The number of rotatable bonds is 7. The van der Waals surface area contributed by atoms with Crippen molar-refractivity contribution in [2.24, 2.45) is 0 Å². The Kier molecular flexibility index (Phi) is 6.00. The van der Waals surface area contributed by atoms with E-state index in [0.717, 1.165) is 54.6 Å². The Labute approximate surface area is 134 Å². The number of hydrogen-bond donors (Lipinski definition) is 0. The van der Waals surface area contributed by atoms with Gasteiger partial charge in [-0.3, -0.25) is 4.79 Å². The summed E-state index contributed by atoms with van der Waals surface area (Å²) in [6, 6.07) is 5.64. The molecule has 1 aromatic heterocycles. The Morgan fingerprint density at radius 2 is 1.90 bits per heavy atom. The minimum atomic E-state index is 0.114. The first kappa shape index (κ1) is 16.2. The number of thiazole rings is 1. The molecule has 0 N–H and O–H groups in total. The Morgan fingerprint density at radius 3 is 2.52 bits per heavy atom. The highest BCUT2D eigenvalue weighted by Crippen LogP contribution is 2.26. The summed E-state index contributed by atoms with van der Waals surface area (Å²) in [5.74, 6) is 0.114. The van der Waals surface area contributed by atoms with E-state index < -0.39 is 0 Å². The van der Waals surface area contributed by atoms with Crippen molar-refractivity contribution in [3.8, 4) is 0 Å². The Morgan fingerprint density at radius 1 is 1.24 bits per heavy atom. The summed E-state index contributed by atoms with van der Waals surface area (Å²) in [5, 5.41) is 0. The van der Waals surface area contributed by atoms with Gasteiger partial charge in [-0.25, -0.2) is 4.98 Å². The average molecular weight is 325 g/mol. The van der Waals surface area contributed by atoms with Crippen molar-refractivity contribution < 1.29 is 4.79 Å². The first-order valence-electron chi connectivity index (χ1n) is 7.51. The largest absolute Gasteiger partial charge is 0.339 e. The van der Waals surface area contributed by atoms with Gasteiger partial charge < -0.3 is 4.90 Å². The van der Waals surface area contributed by atoms with Gasteiger partial charge in [-0.05, 0) is 31.0 Å². The smallest absolute Gasteiger partial charge is 0.253 e. The maximum absolute atomic E-state index is 12.7. The number of unbranched alkanes of at least 4 members (excludes halogenated alkanes) is 2. The molecule has 2 aromatic rings. The van der Waals surface area contributed by atoms with E-state index in [2.05, 4.69) is 18.8 Å². The number of carbonyl (C=O) groups is 1. The lowest BCUT2D eigenvalue weighted by Gasteiger charge is -2.22. The van der Waals surface area contributed by atoms with Crippen LogP contribution in [0, 0.1) is 0 Å². The van der Waals surface area contributed by atoms with E-state index in [-0.39, 0.29) is 5.91 Å². The molecule has 0 aliphatic rings. The van der Waals surface area contributed by atoms with Gasteiger partial charge in [0.2, 0.25) is 0 Å². The van der Waals surface area contributed by atoms with Crippen LogP contribution in [0.2, 0.25) is 4.47 Å². The SMILES string of the molecule is CCCCN(CCCC)C(=O)c1ccc2nc(Cl)sc2c1. The third kappa shape index (κ3) is 4.17. The Balaban J connectivity index is 2.19. The normalized spacial score (nSPS) is 11.0. The molecule has 2 rings (SSSR count). The van der Waals surface area contributed by atoms with Crippen molar-refractivity contribution in [1.29, 1.82) is 0 Å². The lowest BCUT2D eigenvalue weighted by molar-refractivity contribution is 0.0751. The molecule has 0 spiro atoms. The summed E-state index contributed by atoms with van der Waals surface area (Å²) in [4.78, 5) is 18.9. The quantitative estimate of drug-likeness (QED) is 0.718. The fraction of sp³-hybridized carbons (Fsp3) is 0.500. The molecule has 1 amide bonds. The summed E-state index contributed by atoms with van der Waals surface area (Å²) in [6.07, 6.45) is 4.28. The first-order chi connectivity index (χ1) is 10.2. The Hall–Kier alpha value is -1.13. The molecule has 0 fully saturated rings. The van der Waals surface area contributed by atoms with Crippen LogP contribution in [0.5, 0.6) is 0 Å². The van der Waals surface area contributed by atoms with Crippen LogP contribution in [0.4, 0.5) is 0 Å². The fourth-order valence-corrected chi connectivity index (χ4v) is 3.29. The van der Waals surface area contributed by atoms with Gasteiger partial charge in [0.15, 0.2) is 4.47 Å². The second-order valence-corrected chi connectivity index (χ2v) is 6.76. The van der Waals surface area contributed by atoms with E-state index in [1.807, 2.05) is 23.1 Å². The first-order valence-corrected chi connectivity index (χ1v) is 8.70. The fourth-order valence-electron chi connectivity index (χ4n) is 2.22. The summed E-state index contributed by atoms with van der Waals surface area (Å²) in [6.45, 7) is 5.95. The number of benzene rings is 1. The number of amides is 1. The number of hydrogen-bond acceptors (Lipinski definition) is 3. The summed E-state index contributed by atoms with van der Waals surface area (Å²) < 4.78 is 1.49. The van der Waals surface area contributed by atoms with Crippen molar-refractivity contribution in [2.45, 2.75) is 39.5 Å². The molecule has 21 heavy (non-hydrogen) atoms. The molecule has 0 radical (unpaired) electrons. The van der Waals surface area contributed by atoms with Gasteiger partial charge in [-0.2, -0.15) is 0 Å². The topological polar surface area (TPSA) is 33.2 Å². The van der Waals surface area contributed by atoms with Crippen LogP contribution in [-0.2, 0) is 0 Å². The third-order valence-corrected chi connectivity index (χ3v) is 4.58. The predicted octanol–water partition coefficient (Wildman–Crippen LogP) is 4.99. The number of halogens is 1. The molecule has 0 unspecified atom stereocenters. The van der Waals surface area contributed by atoms with Crippen molar-refractivity contribution in [3.63, 3.8) is 0 Å². The molecule has 114 valence electrons. The molecule has 0 aliphatic carbocycles. The highest BCUT2D eigenvalue weighted by molar-refractivity contribution is 7.22. The monoisotopic (exact) mass is 324 g/mol. The summed E-state index contributed by atoms with van der Waals surface area (Å²) in [7, 11) is 0. The van der Waals surface area contributed by atoms with E-state index in [1.54, 1.807) is 0 Å². The lowest BCUT2D eigenvalue weighted by Crippen LogP contribution is -2.32. The summed E-state index contributed by atoms with van der Waals surface area (Å²) in [5.41, 5.74) is 1.59. The van der Waals surface area contributed by atoms with Crippen molar-refractivity contribution >= 4 is 39.1 Å². The highest BCUT2D eigenvalue weighted by atomic mass is 35.5. The van der Waals surface area contributed by atoms with Gasteiger partial charge in [0.1, 0.15) is 0 Å². The molecule has 5 heteroatoms. The Bertz CT molecular complexity index is 603. The molecule has 0 saturated heterocycles. The van der Waals surface area contributed by atoms with Gasteiger partial charge in [-0.15, -0.1) is 11.3 Å². The molecule has 3 nitrogen and oxygen atoms in total. The van der Waals surface area contributed by atoms with E-state index in [1.165, 1.54) is 11.3 Å². The van der Waals surface area contributed by atoms with E-state index in [0.29, 0.717) is 4.47 Å². The van der Waals surface area contributed by atoms with Gasteiger partial charge >= 0.3 is 0 Å². The molecular formula is C16H21ClN2OS. The van der Waals surface area contributed by atoms with Crippen LogP contribution in [0.15, 0.2) is 18.2 Å². The maximum atomic E-state index is 12.7. The van der Waals surface area contributed by atoms with Gasteiger partial charge in [-0.1, -0.05) is 38.3 Å². The molecule has 1 heterocycles. The summed E-state index contributed by atoms with van der Waals surface area (Å²) >= 11 is 7.34. The highest BCUT2D eigenvalue weighted by Gasteiger charge is 2.16. The standard InChI is InChI=1S/C16H21ClN2OS/c1-3-5-9-19(10-6-4-2)15(20)12-7-8-13-14(11-12)21-16(17)18-13/h7-8,11H,3-6,9-10H2,1-2H3. The molecule has 0 atom stereocenters. The second-order valence-electron chi connectivity index (χ2n) is 5.15. The van der Waals surface area contributed by atoms with Crippen LogP contribution in [0.25, 0.3) is 10.2 Å². The number of aromatic nitrogens is 1. The predicted molar refractivity (Wildman–Crippen MR) is 90.3 cm³/mol. The number of nitrogens with zero attached hydrogens (tertiary/aromatic N) is 2. The van der Waals surface area contributed by atoms with Crippen molar-refractivity contribution in [3.05, 3.63) is 28.2 Å². The zero-order valence-corrected chi connectivity index (χ0v) is 14.1. The molecular weight excluding hydrogens is 304 g/mol. The molecule has 0 bridgehead atoms. The lowest BCUT2D eigenvalue weighted by atomic mass is 10.1. The number of carbonyl (C=O) groups excluding carboxylic acids is 1. The maximum Gasteiger partial charge on any atom is 0.253 e. The molecule has 1 aromatic carbocycles. The van der Waals surface area contributed by atoms with E-state index in [9.17, 15) is 4.79 Å². The second kappa shape index (κ2) is 7.76. The van der Waals surface area contributed by atoms with Gasteiger partial charge in [0.05, 0.1) is 10.2 Å². The van der Waals surface area contributed by atoms with E-state index in [4.69, 9.17) is 11.6 Å². The minimum Gasteiger partial charge on any atom is -0.339 e. The van der Waals surface area contributed by atoms with Crippen LogP contribution < -0.4 is 0 Å². The van der Waals surface area contributed by atoms with Gasteiger partial charge in [0, 0.05) is 18.7 Å². The van der Waals surface area contributed by atoms with E-state index >= 15 is 0 Å². The average Bonchev–Trinajstić information content (AvgIpc) is 2.85. The minimum absolute atomic E-state index is 0.114. The van der Waals surface area contributed by atoms with Crippen molar-refractivity contribution in [1.82, 2.24) is 9.88 Å². The molecule has 0 saturated carbocycles. The van der Waals surface area contributed by atoms with Crippen LogP contribution in [0.3, 0.4) is 0 Å².